The number of hydrogen-bond donors (Lipinski definition) is 0. The van der Waals surface area contributed by atoms with Gasteiger partial charge in [-0.25, -0.2) is 4.79 Å². The summed E-state index contributed by atoms with van der Waals surface area (Å²) in [4.78, 5) is 54.1. The maximum Gasteiger partial charge on any atom is 0.336 e. The average molecular weight is 743 g/mol. The second-order valence-electron chi connectivity index (χ2n) is 20.2. The molecule has 9 heteroatoms. The highest BCUT2D eigenvalue weighted by molar-refractivity contribution is 6.74. The van der Waals surface area contributed by atoms with Crippen molar-refractivity contribution in [3.05, 3.63) is 22.8 Å². The fraction of sp³-hybridized carbons (Fsp3) is 0.814. The van der Waals surface area contributed by atoms with Crippen molar-refractivity contribution in [2.45, 2.75) is 172 Å². The second-order valence-corrected chi connectivity index (χ2v) is 25.0. The number of allylic oxidation sites excluding steroid dienone is 2. The van der Waals surface area contributed by atoms with Gasteiger partial charge < -0.3 is 18.6 Å². The van der Waals surface area contributed by atoms with Crippen molar-refractivity contribution in [1.29, 1.82) is 0 Å². The number of fused-ring (bicyclic) bond motifs is 5. The zero-order valence-electron chi connectivity index (χ0n) is 35.2. The summed E-state index contributed by atoms with van der Waals surface area (Å²) in [6.07, 6.45) is 7.16. The molecule has 0 unspecified atom stereocenters. The molecule has 4 aliphatic carbocycles. The van der Waals surface area contributed by atoms with E-state index in [9.17, 15) is 19.2 Å². The summed E-state index contributed by atoms with van der Waals surface area (Å²) in [6, 6.07) is 0. The summed E-state index contributed by atoms with van der Waals surface area (Å²) >= 11 is 0. The zero-order chi connectivity index (χ0) is 39.4. The maximum atomic E-state index is 14.9. The van der Waals surface area contributed by atoms with Crippen LogP contribution < -0.4 is 0 Å². The van der Waals surface area contributed by atoms with Gasteiger partial charge in [-0.15, -0.1) is 0 Å². The van der Waals surface area contributed by atoms with Crippen LogP contribution in [0.3, 0.4) is 0 Å². The van der Waals surface area contributed by atoms with Gasteiger partial charge in [0.25, 0.3) is 0 Å². The van der Waals surface area contributed by atoms with Crippen LogP contribution in [-0.2, 0) is 37.8 Å². The van der Waals surface area contributed by atoms with Gasteiger partial charge >= 0.3 is 17.9 Å². The lowest BCUT2D eigenvalue weighted by molar-refractivity contribution is -0.197. The molecule has 0 aromatic carbocycles. The molecule has 9 atom stereocenters. The first-order chi connectivity index (χ1) is 23.7. The van der Waals surface area contributed by atoms with Crippen molar-refractivity contribution in [1.82, 2.24) is 0 Å². The van der Waals surface area contributed by atoms with Crippen molar-refractivity contribution < 1.29 is 37.8 Å². The number of carbonyl (C=O) groups is 4. The third-order valence-electron chi connectivity index (χ3n) is 14.5. The SMILES string of the molecule is CC(=O)O[C@H]1C[C@@]2(C)[C@@H](CC(=O)[C@H]3[C@@]4(C)CC[C@@H](O[Si](C)(C)C(C)(C)C)[C@@H](C)[C@@H]4CC[C@@]32C)/C1=C(\CCC=C(C)C)C(=O)OCOC(=O)C(C)(C)C. The molecule has 0 radical (unpaired) electrons. The third kappa shape index (κ3) is 7.78. The molecule has 0 amide bonds. The van der Waals surface area contributed by atoms with E-state index in [-0.39, 0.29) is 39.6 Å². The van der Waals surface area contributed by atoms with E-state index in [1.165, 1.54) is 6.92 Å². The van der Waals surface area contributed by atoms with Crippen LogP contribution in [0.1, 0.15) is 141 Å². The lowest BCUT2D eigenvalue weighted by atomic mass is 9.37. The molecule has 4 aliphatic rings. The van der Waals surface area contributed by atoms with E-state index in [1.54, 1.807) is 20.8 Å². The molecule has 52 heavy (non-hydrogen) atoms. The summed E-state index contributed by atoms with van der Waals surface area (Å²) in [5, 5.41) is 0.127. The first-order valence-electron chi connectivity index (χ1n) is 19.8. The largest absolute Gasteiger partial charge is 0.458 e. The van der Waals surface area contributed by atoms with Crippen molar-refractivity contribution in [3.8, 4) is 0 Å². The van der Waals surface area contributed by atoms with Crippen molar-refractivity contribution in [2.75, 3.05) is 6.79 Å². The molecule has 8 nitrogen and oxygen atoms in total. The predicted octanol–water partition coefficient (Wildman–Crippen LogP) is 9.91. The van der Waals surface area contributed by atoms with E-state index in [4.69, 9.17) is 18.6 Å². The fourth-order valence-corrected chi connectivity index (χ4v) is 12.1. The van der Waals surface area contributed by atoms with Gasteiger partial charge in [0.2, 0.25) is 6.79 Å². The number of hydrogen-bond acceptors (Lipinski definition) is 8. The number of rotatable bonds is 9. The number of carbonyl (C=O) groups excluding carboxylic acids is 4. The van der Waals surface area contributed by atoms with Crippen LogP contribution in [0.25, 0.3) is 0 Å². The minimum absolute atomic E-state index is 0.127. The third-order valence-corrected chi connectivity index (χ3v) is 19.0. The molecule has 4 rings (SSSR count). The monoisotopic (exact) mass is 742 g/mol. The van der Waals surface area contributed by atoms with Gasteiger partial charge in [-0.3, -0.25) is 14.4 Å². The molecule has 0 aromatic rings. The number of esters is 3. The molecular weight excluding hydrogens is 673 g/mol. The van der Waals surface area contributed by atoms with Crippen LogP contribution >= 0.6 is 0 Å². The Hall–Kier alpha value is -2.26. The van der Waals surface area contributed by atoms with Gasteiger partial charge in [0, 0.05) is 30.9 Å². The Morgan fingerprint density at radius 2 is 1.56 bits per heavy atom. The minimum Gasteiger partial charge on any atom is -0.458 e. The van der Waals surface area contributed by atoms with Crippen LogP contribution in [-0.4, -0.2) is 51.0 Å². The van der Waals surface area contributed by atoms with Gasteiger partial charge in [0.05, 0.1) is 5.41 Å². The molecule has 4 saturated carbocycles. The Morgan fingerprint density at radius 3 is 2.12 bits per heavy atom. The van der Waals surface area contributed by atoms with E-state index in [2.05, 4.69) is 67.6 Å². The summed E-state index contributed by atoms with van der Waals surface area (Å²) < 4.78 is 24.1. The summed E-state index contributed by atoms with van der Waals surface area (Å²) in [5.41, 5.74) is 0.551. The molecule has 0 saturated heterocycles. The molecule has 0 aromatic heterocycles. The van der Waals surface area contributed by atoms with Crippen LogP contribution in [0, 0.1) is 45.3 Å². The highest BCUT2D eigenvalue weighted by Gasteiger charge is 2.71. The minimum atomic E-state index is -1.97. The number of Topliss-reactive ketones (excluding diaryl/α,β-unsaturated/α-hetero) is 1. The Kier molecular flexibility index (Phi) is 12.1. The Bertz CT molecular complexity index is 1470. The topological polar surface area (TPSA) is 105 Å². The van der Waals surface area contributed by atoms with E-state index < -0.39 is 50.0 Å². The fourth-order valence-electron chi connectivity index (χ4n) is 10.6. The van der Waals surface area contributed by atoms with Crippen molar-refractivity contribution in [2.24, 2.45) is 45.3 Å². The van der Waals surface area contributed by atoms with Crippen molar-refractivity contribution in [3.63, 3.8) is 0 Å². The lowest BCUT2D eigenvalue weighted by Crippen LogP contribution is -2.65. The first kappa shape index (κ1) is 42.5. The van der Waals surface area contributed by atoms with Gasteiger partial charge in [-0.1, -0.05) is 60.1 Å². The molecule has 0 aliphatic heterocycles. The predicted molar refractivity (Wildman–Crippen MR) is 206 cm³/mol. The summed E-state index contributed by atoms with van der Waals surface area (Å²) in [7, 11) is -1.97. The smallest absolute Gasteiger partial charge is 0.336 e. The van der Waals surface area contributed by atoms with E-state index in [1.807, 2.05) is 13.8 Å². The second kappa shape index (κ2) is 14.8. The lowest BCUT2D eigenvalue weighted by Gasteiger charge is -2.67. The molecule has 0 spiro atoms. The highest BCUT2D eigenvalue weighted by atomic mass is 28.4. The molecule has 0 bridgehead atoms. The molecule has 0 N–H and O–H groups in total. The Morgan fingerprint density at radius 1 is 0.923 bits per heavy atom. The number of ether oxygens (including phenoxy) is 3. The Balaban J connectivity index is 1.75. The highest BCUT2D eigenvalue weighted by Crippen LogP contribution is 2.74. The van der Waals surface area contributed by atoms with Crippen LogP contribution in [0.4, 0.5) is 0 Å². The molecule has 294 valence electrons. The van der Waals surface area contributed by atoms with Gasteiger partial charge in [-0.05, 0) is 137 Å². The maximum absolute atomic E-state index is 14.9. The van der Waals surface area contributed by atoms with E-state index in [0.29, 0.717) is 48.7 Å². The van der Waals surface area contributed by atoms with Gasteiger partial charge in [-0.2, -0.15) is 0 Å². The van der Waals surface area contributed by atoms with E-state index in [0.717, 1.165) is 31.3 Å². The van der Waals surface area contributed by atoms with Gasteiger partial charge in [0.15, 0.2) is 8.32 Å². The summed E-state index contributed by atoms with van der Waals surface area (Å²) in [5.74, 6) is -0.953. The number of ketones is 1. The Labute approximate surface area is 315 Å². The van der Waals surface area contributed by atoms with Crippen LogP contribution in [0.5, 0.6) is 0 Å². The quantitative estimate of drug-likeness (QED) is 0.0756. The normalized spacial score (nSPS) is 35.8. The molecular formula is C43H70O8Si. The van der Waals surface area contributed by atoms with E-state index >= 15 is 0 Å². The average Bonchev–Trinajstić information content (AvgIpc) is 3.26. The van der Waals surface area contributed by atoms with Gasteiger partial charge in [0.1, 0.15) is 11.9 Å². The van der Waals surface area contributed by atoms with Crippen LogP contribution in [0.15, 0.2) is 22.8 Å². The molecule has 4 fully saturated rings. The van der Waals surface area contributed by atoms with Crippen molar-refractivity contribution >= 4 is 32.0 Å². The first-order valence-corrected chi connectivity index (χ1v) is 22.7. The summed E-state index contributed by atoms with van der Waals surface area (Å²) in [6.45, 7) is 31.0. The van der Waals surface area contributed by atoms with Crippen LogP contribution in [0.2, 0.25) is 18.1 Å². The molecule has 0 heterocycles. The zero-order valence-corrected chi connectivity index (χ0v) is 36.2. The standard InChI is InChI=1S/C43H70O8Si/c1-26(2)17-16-18-29(37(46)48-25-49-38(47)39(5,6)7)35-31-23-32(45)36-41(11)21-20-33(51-52(14,15)40(8,9)10)27(3)30(41)19-22-42(36,12)43(31,13)24-34(35)50-28(4)44/h17,27,30-31,33-34,36H,16,18-25H2,1-15H3/b35-29-/t27-,30-,31-,33+,34-,36-,41-,42-,43-/m0/s1.